The molecule has 0 aliphatic carbocycles. The van der Waals surface area contributed by atoms with Crippen LogP contribution in [0.2, 0.25) is 0 Å². The van der Waals surface area contributed by atoms with Crippen molar-refractivity contribution in [3.8, 4) is 0 Å². The maximum Gasteiger partial charge on any atom is 0.416 e. The molecule has 0 aromatic heterocycles. The molecule has 0 bridgehead atoms. The van der Waals surface area contributed by atoms with E-state index in [1.54, 1.807) is 4.90 Å². The Morgan fingerprint density at radius 3 is 2.20 bits per heavy atom. The van der Waals surface area contributed by atoms with Gasteiger partial charge in [0.05, 0.1) is 12.2 Å². The molecule has 2 aliphatic rings. The number of likely N-dealkylation sites (tertiary alicyclic amines) is 1. The van der Waals surface area contributed by atoms with Crippen molar-refractivity contribution in [2.75, 3.05) is 37.7 Å². The summed E-state index contributed by atoms with van der Waals surface area (Å²) in [5, 5.41) is 2.72. The predicted octanol–water partition coefficient (Wildman–Crippen LogP) is 3.12. The van der Waals surface area contributed by atoms with E-state index >= 15 is 0 Å². The molecule has 2 saturated heterocycles. The molecule has 0 saturated carbocycles. The van der Waals surface area contributed by atoms with Crippen molar-refractivity contribution in [3.05, 3.63) is 65.7 Å². The van der Waals surface area contributed by atoms with Crippen molar-refractivity contribution < 1.29 is 27.6 Å². The Morgan fingerprint density at radius 2 is 1.63 bits per heavy atom. The molecule has 2 fully saturated rings. The lowest BCUT2D eigenvalue weighted by atomic mass is 9.85. The highest BCUT2D eigenvalue weighted by Gasteiger charge is 2.54. The highest BCUT2D eigenvalue weighted by Crippen LogP contribution is 2.39. The quantitative estimate of drug-likeness (QED) is 0.702. The summed E-state index contributed by atoms with van der Waals surface area (Å²) in [7, 11) is 0. The second-order valence-corrected chi connectivity index (χ2v) is 8.76. The van der Waals surface area contributed by atoms with Crippen LogP contribution < -0.4 is 10.2 Å². The first kappa shape index (κ1) is 24.6. The van der Waals surface area contributed by atoms with E-state index in [9.17, 15) is 27.6 Å². The third-order valence-corrected chi connectivity index (χ3v) is 6.63. The molecule has 1 N–H and O–H groups in total. The SMILES string of the molecule is CCNC(=O)CN1CN(c2ccccc2)C2(CCN(C(=O)c3ccc(C(F)(F)F)cc3)CC2)C1=O. The Labute approximate surface area is 201 Å². The number of nitrogens with zero attached hydrogens (tertiary/aromatic N) is 3. The average Bonchev–Trinajstić information content (AvgIpc) is 3.10. The number of hydrogen-bond donors (Lipinski definition) is 1. The molecule has 0 unspecified atom stereocenters. The second kappa shape index (κ2) is 9.59. The van der Waals surface area contributed by atoms with Crippen molar-refractivity contribution in [3.63, 3.8) is 0 Å². The second-order valence-electron chi connectivity index (χ2n) is 8.76. The van der Waals surface area contributed by atoms with E-state index in [4.69, 9.17) is 0 Å². The zero-order valence-corrected chi connectivity index (χ0v) is 19.3. The molecular weight excluding hydrogens is 461 g/mol. The summed E-state index contributed by atoms with van der Waals surface area (Å²) < 4.78 is 38.6. The van der Waals surface area contributed by atoms with Gasteiger partial charge in [-0.1, -0.05) is 18.2 Å². The summed E-state index contributed by atoms with van der Waals surface area (Å²) in [4.78, 5) is 43.8. The zero-order chi connectivity index (χ0) is 25.2. The number of benzene rings is 2. The van der Waals surface area contributed by atoms with Gasteiger partial charge in [-0.2, -0.15) is 13.2 Å². The van der Waals surface area contributed by atoms with Crippen LogP contribution in [0.25, 0.3) is 0 Å². The minimum atomic E-state index is -4.47. The Balaban J connectivity index is 1.52. The molecule has 1 spiro atoms. The van der Waals surface area contributed by atoms with Crippen molar-refractivity contribution in [2.24, 2.45) is 0 Å². The Morgan fingerprint density at radius 1 is 1.00 bits per heavy atom. The minimum Gasteiger partial charge on any atom is -0.355 e. The van der Waals surface area contributed by atoms with E-state index < -0.39 is 17.3 Å². The van der Waals surface area contributed by atoms with Gasteiger partial charge in [-0.25, -0.2) is 0 Å². The molecule has 3 amide bonds. The fraction of sp³-hybridized carbons (Fsp3) is 0.400. The van der Waals surface area contributed by atoms with Crippen LogP contribution in [0.5, 0.6) is 0 Å². The fourth-order valence-electron chi connectivity index (χ4n) is 4.81. The lowest BCUT2D eigenvalue weighted by Gasteiger charge is -2.43. The molecule has 10 heteroatoms. The van der Waals surface area contributed by atoms with E-state index in [1.807, 2.05) is 42.2 Å². The van der Waals surface area contributed by atoms with Crippen LogP contribution in [-0.4, -0.2) is 65.9 Å². The van der Waals surface area contributed by atoms with Crippen LogP contribution in [0, 0.1) is 0 Å². The number of likely N-dealkylation sites (N-methyl/N-ethyl adjacent to an activating group) is 1. The Bertz CT molecular complexity index is 1080. The topological polar surface area (TPSA) is 73.0 Å². The first-order chi connectivity index (χ1) is 16.7. The summed E-state index contributed by atoms with van der Waals surface area (Å²) >= 11 is 0. The van der Waals surface area contributed by atoms with E-state index in [0.717, 1.165) is 17.8 Å². The fourth-order valence-corrected chi connectivity index (χ4v) is 4.81. The van der Waals surface area contributed by atoms with E-state index in [1.165, 1.54) is 17.0 Å². The number of anilines is 1. The third-order valence-electron chi connectivity index (χ3n) is 6.63. The van der Waals surface area contributed by atoms with Crippen LogP contribution >= 0.6 is 0 Å². The molecule has 2 aromatic carbocycles. The largest absolute Gasteiger partial charge is 0.416 e. The smallest absolute Gasteiger partial charge is 0.355 e. The molecule has 2 heterocycles. The summed E-state index contributed by atoms with van der Waals surface area (Å²) in [6.45, 7) is 3.02. The van der Waals surface area contributed by atoms with Crippen molar-refractivity contribution in [2.45, 2.75) is 31.5 Å². The average molecular weight is 489 g/mol. The van der Waals surface area contributed by atoms with Gasteiger partial charge in [0.1, 0.15) is 12.1 Å². The number of halogens is 3. The summed E-state index contributed by atoms with van der Waals surface area (Å²) in [5.41, 5.74) is -0.690. The normalized spacial score (nSPS) is 17.7. The van der Waals surface area contributed by atoms with Gasteiger partial charge in [-0.15, -0.1) is 0 Å². The summed E-state index contributed by atoms with van der Waals surface area (Å²) in [6, 6.07) is 13.6. The van der Waals surface area contributed by atoms with Gasteiger partial charge in [0, 0.05) is 30.9 Å². The predicted molar refractivity (Wildman–Crippen MR) is 123 cm³/mol. The van der Waals surface area contributed by atoms with Crippen LogP contribution in [0.1, 0.15) is 35.7 Å². The van der Waals surface area contributed by atoms with Gasteiger partial charge < -0.3 is 20.0 Å². The zero-order valence-electron chi connectivity index (χ0n) is 19.3. The lowest BCUT2D eigenvalue weighted by Crippen LogP contribution is -2.57. The Hall–Kier alpha value is -3.56. The number of amides is 3. The monoisotopic (exact) mass is 488 g/mol. The molecule has 7 nitrogen and oxygen atoms in total. The number of rotatable bonds is 5. The van der Waals surface area contributed by atoms with Crippen LogP contribution in [0.15, 0.2) is 54.6 Å². The van der Waals surface area contributed by atoms with Crippen LogP contribution in [-0.2, 0) is 15.8 Å². The molecule has 2 aromatic rings. The summed E-state index contributed by atoms with van der Waals surface area (Å²) in [6.07, 6.45) is -3.78. The maximum atomic E-state index is 13.6. The first-order valence-corrected chi connectivity index (χ1v) is 11.5. The molecule has 0 radical (unpaired) electrons. The van der Waals surface area contributed by atoms with E-state index in [0.29, 0.717) is 19.4 Å². The van der Waals surface area contributed by atoms with Gasteiger partial charge in [0.2, 0.25) is 5.91 Å². The Kier molecular flexibility index (Phi) is 6.73. The minimum absolute atomic E-state index is 0.0496. The van der Waals surface area contributed by atoms with E-state index in [2.05, 4.69) is 5.32 Å². The molecular formula is C25H27F3N4O3. The maximum absolute atomic E-state index is 13.6. The lowest BCUT2D eigenvalue weighted by molar-refractivity contribution is -0.137. The highest BCUT2D eigenvalue weighted by molar-refractivity contribution is 5.97. The third kappa shape index (κ3) is 4.82. The number of piperidine rings is 1. The van der Waals surface area contributed by atoms with Crippen LogP contribution in [0.3, 0.4) is 0 Å². The number of carbonyl (C=O) groups excluding carboxylic acids is 3. The number of nitrogens with one attached hydrogen (secondary N) is 1. The molecule has 2 aliphatic heterocycles. The highest BCUT2D eigenvalue weighted by atomic mass is 19.4. The number of alkyl halides is 3. The van der Waals surface area contributed by atoms with E-state index in [-0.39, 0.29) is 49.6 Å². The molecule has 186 valence electrons. The first-order valence-electron chi connectivity index (χ1n) is 11.5. The van der Waals surface area contributed by atoms with Gasteiger partial charge in [-0.05, 0) is 56.2 Å². The molecule has 35 heavy (non-hydrogen) atoms. The van der Waals surface area contributed by atoms with Gasteiger partial charge >= 0.3 is 6.18 Å². The van der Waals surface area contributed by atoms with Crippen molar-refractivity contribution in [1.29, 1.82) is 0 Å². The molecule has 4 rings (SSSR count). The number of hydrogen-bond acceptors (Lipinski definition) is 4. The van der Waals surface area contributed by atoms with Crippen LogP contribution in [0.4, 0.5) is 18.9 Å². The summed E-state index contributed by atoms with van der Waals surface area (Å²) in [5.74, 6) is -0.764. The van der Waals surface area contributed by atoms with Gasteiger partial charge in [0.25, 0.3) is 11.8 Å². The number of para-hydroxylation sites is 1. The van der Waals surface area contributed by atoms with Crippen molar-refractivity contribution >= 4 is 23.4 Å². The molecule has 0 atom stereocenters. The van der Waals surface area contributed by atoms with Gasteiger partial charge in [0.15, 0.2) is 0 Å². The standard InChI is InChI=1S/C25H27F3N4O3/c1-2-29-21(33)16-31-17-32(20-6-4-3-5-7-20)24(23(31)35)12-14-30(15-13-24)22(34)18-8-10-19(11-9-18)25(26,27)28/h3-11H,2,12-17H2,1H3,(H,29,33). The van der Waals surface area contributed by atoms with Crippen molar-refractivity contribution in [1.82, 2.24) is 15.1 Å². The number of carbonyl (C=O) groups is 3. The van der Waals surface area contributed by atoms with Gasteiger partial charge in [-0.3, -0.25) is 14.4 Å².